The number of para-hydroxylation sites is 1. The van der Waals surface area contributed by atoms with Gasteiger partial charge in [0.2, 0.25) is 0 Å². The number of aromatic nitrogens is 1. The highest BCUT2D eigenvalue weighted by atomic mass is 16.5. The molecule has 0 bridgehead atoms. The fourth-order valence-corrected chi connectivity index (χ4v) is 4.70. The van der Waals surface area contributed by atoms with Gasteiger partial charge in [0.1, 0.15) is 17.0 Å². The normalized spacial score (nSPS) is 19.7. The Kier molecular flexibility index (Phi) is 4.16. The molecule has 6 heteroatoms. The van der Waals surface area contributed by atoms with E-state index in [9.17, 15) is 15.2 Å². The number of nitrogens with one attached hydrogen (secondary N) is 1. The first-order valence-corrected chi connectivity index (χ1v) is 10.1. The molecule has 0 radical (unpaired) electrons. The van der Waals surface area contributed by atoms with Crippen molar-refractivity contribution in [2.75, 3.05) is 13.7 Å². The Hall–Kier alpha value is -3.98. The van der Waals surface area contributed by atoms with Crippen molar-refractivity contribution in [2.24, 2.45) is 0 Å². The van der Waals surface area contributed by atoms with E-state index in [1.807, 2.05) is 36.2 Å². The zero-order chi connectivity index (χ0) is 21.8. The van der Waals surface area contributed by atoms with Gasteiger partial charge in [0, 0.05) is 29.2 Å². The zero-order valence-electron chi connectivity index (χ0n) is 17.3. The van der Waals surface area contributed by atoms with E-state index in [4.69, 9.17) is 4.74 Å². The number of nitrogens with zero attached hydrogens (tertiary/aromatic N) is 2. The van der Waals surface area contributed by atoms with Gasteiger partial charge in [-0.05, 0) is 55.3 Å². The lowest BCUT2D eigenvalue weighted by atomic mass is 9.78. The van der Waals surface area contributed by atoms with E-state index in [0.29, 0.717) is 17.7 Å². The molecule has 154 valence electrons. The lowest BCUT2D eigenvalue weighted by Crippen LogP contribution is -2.48. The van der Waals surface area contributed by atoms with Gasteiger partial charge >= 0.3 is 0 Å². The Labute approximate surface area is 179 Å². The van der Waals surface area contributed by atoms with Crippen molar-refractivity contribution < 1.29 is 14.6 Å². The number of H-pyrrole nitrogens is 1. The fraction of sp³-hybridized carbons (Fsp3) is 0.200. The summed E-state index contributed by atoms with van der Waals surface area (Å²) in [5.74, 6) is 0.413. The van der Waals surface area contributed by atoms with Gasteiger partial charge < -0.3 is 19.7 Å². The minimum atomic E-state index is -0.711. The van der Waals surface area contributed by atoms with Crippen LogP contribution in [-0.4, -0.2) is 34.4 Å². The topological polar surface area (TPSA) is 89.3 Å². The molecule has 31 heavy (non-hydrogen) atoms. The number of ketones is 1. The molecule has 1 atom stereocenters. The van der Waals surface area contributed by atoms with Crippen LogP contribution in [0, 0.1) is 11.3 Å². The first-order chi connectivity index (χ1) is 15.0. The summed E-state index contributed by atoms with van der Waals surface area (Å²) >= 11 is 0. The second-order valence-electron chi connectivity index (χ2n) is 8.01. The molecular formula is C25H21N3O3. The van der Waals surface area contributed by atoms with Crippen molar-refractivity contribution in [3.05, 3.63) is 82.7 Å². The average Bonchev–Trinajstić information content (AvgIpc) is 3.17. The van der Waals surface area contributed by atoms with E-state index in [1.165, 1.54) is 6.07 Å². The number of fused-ring (bicyclic) bond motifs is 5. The number of methoxy groups -OCH3 is 1. The summed E-state index contributed by atoms with van der Waals surface area (Å²) in [6, 6.07) is 14.7. The number of hydrogen-bond donors (Lipinski definition) is 2. The summed E-state index contributed by atoms with van der Waals surface area (Å²) < 4.78 is 5.39. The van der Waals surface area contributed by atoms with E-state index in [-0.39, 0.29) is 17.1 Å². The second-order valence-corrected chi connectivity index (χ2v) is 8.01. The van der Waals surface area contributed by atoms with Crippen LogP contribution in [0.4, 0.5) is 0 Å². The number of benzene rings is 2. The van der Waals surface area contributed by atoms with Crippen LogP contribution in [0.3, 0.4) is 0 Å². The van der Waals surface area contributed by atoms with Crippen molar-refractivity contribution in [1.82, 2.24) is 9.88 Å². The van der Waals surface area contributed by atoms with Gasteiger partial charge in [-0.1, -0.05) is 12.1 Å². The van der Waals surface area contributed by atoms with Crippen molar-refractivity contribution in [3.63, 3.8) is 0 Å². The monoisotopic (exact) mass is 411 g/mol. The molecule has 2 aromatic carbocycles. The minimum absolute atomic E-state index is 0.0702. The highest BCUT2D eigenvalue weighted by molar-refractivity contribution is 6.12. The molecule has 0 amide bonds. The third kappa shape index (κ3) is 2.67. The van der Waals surface area contributed by atoms with E-state index >= 15 is 0 Å². The van der Waals surface area contributed by atoms with Crippen LogP contribution in [0.25, 0.3) is 10.9 Å². The quantitative estimate of drug-likeness (QED) is 0.631. The minimum Gasteiger partial charge on any atom is -0.507 e. The Morgan fingerprint density at radius 3 is 2.84 bits per heavy atom. The number of allylic oxidation sites excluding steroid dienone is 2. The maximum absolute atomic E-state index is 13.1. The van der Waals surface area contributed by atoms with Gasteiger partial charge in [0.05, 0.1) is 30.0 Å². The molecule has 1 aromatic heterocycles. The molecule has 0 fully saturated rings. The summed E-state index contributed by atoms with van der Waals surface area (Å²) in [5.41, 5.74) is 3.49. The van der Waals surface area contributed by atoms with Crippen LogP contribution in [0.1, 0.15) is 28.5 Å². The van der Waals surface area contributed by atoms with Crippen LogP contribution < -0.4 is 4.74 Å². The summed E-state index contributed by atoms with van der Waals surface area (Å²) in [4.78, 5) is 18.6. The number of phenols is 1. The lowest BCUT2D eigenvalue weighted by molar-refractivity contribution is 0.102. The van der Waals surface area contributed by atoms with Gasteiger partial charge in [0.25, 0.3) is 0 Å². The predicted molar refractivity (Wildman–Crippen MR) is 117 cm³/mol. The van der Waals surface area contributed by atoms with Crippen LogP contribution in [0.15, 0.2) is 65.9 Å². The molecule has 0 saturated heterocycles. The third-order valence-corrected chi connectivity index (χ3v) is 6.43. The number of hydrogen-bond acceptors (Lipinski definition) is 5. The number of Topliss-reactive ketones (excluding diaryl/α,β-unsaturated/α-hetero) is 1. The Morgan fingerprint density at radius 1 is 1.29 bits per heavy atom. The summed E-state index contributed by atoms with van der Waals surface area (Å²) in [7, 11) is 1.65. The number of nitriles is 1. The van der Waals surface area contributed by atoms with E-state index in [1.54, 1.807) is 31.4 Å². The largest absolute Gasteiger partial charge is 0.507 e. The van der Waals surface area contributed by atoms with Crippen LogP contribution in [0.2, 0.25) is 0 Å². The molecule has 2 N–H and O–H groups in total. The molecule has 0 aliphatic carbocycles. The number of carbonyl (C=O) groups excluding carboxylic acids is 1. The van der Waals surface area contributed by atoms with Crippen LogP contribution in [0.5, 0.6) is 11.5 Å². The van der Waals surface area contributed by atoms with Crippen molar-refractivity contribution >= 4 is 16.7 Å². The van der Waals surface area contributed by atoms with Crippen molar-refractivity contribution in [1.29, 1.82) is 5.26 Å². The molecule has 3 heterocycles. The SMILES string of the molecule is COc1ccc2[nH]c3c(c2c1)CCN1C=C(C(=O)c2ccccc2O)C=C(C#N)C31C. The molecule has 6 nitrogen and oxygen atoms in total. The first-order valence-electron chi connectivity index (χ1n) is 10.1. The maximum Gasteiger partial charge on any atom is 0.198 e. The summed E-state index contributed by atoms with van der Waals surface area (Å²) in [5, 5.41) is 21.2. The second kappa shape index (κ2) is 6.78. The molecule has 1 unspecified atom stereocenters. The predicted octanol–water partition coefficient (Wildman–Crippen LogP) is 4.19. The first kappa shape index (κ1) is 19.0. The fourth-order valence-electron chi connectivity index (χ4n) is 4.70. The highest BCUT2D eigenvalue weighted by Gasteiger charge is 2.45. The maximum atomic E-state index is 13.1. The summed E-state index contributed by atoms with van der Waals surface area (Å²) in [6.07, 6.45) is 4.22. The molecule has 0 saturated carbocycles. The molecular weight excluding hydrogens is 390 g/mol. The smallest absolute Gasteiger partial charge is 0.198 e. The van der Waals surface area contributed by atoms with Gasteiger partial charge in [0.15, 0.2) is 5.78 Å². The highest BCUT2D eigenvalue weighted by Crippen LogP contribution is 2.46. The Bertz CT molecular complexity index is 1340. The van der Waals surface area contributed by atoms with Gasteiger partial charge in [-0.15, -0.1) is 0 Å². The van der Waals surface area contributed by atoms with E-state index < -0.39 is 5.54 Å². The lowest BCUT2D eigenvalue weighted by Gasteiger charge is -2.46. The molecule has 2 aliphatic rings. The molecule has 3 aromatic rings. The van der Waals surface area contributed by atoms with Gasteiger partial charge in [-0.3, -0.25) is 4.79 Å². The molecule has 0 spiro atoms. The molecule has 5 rings (SSSR count). The van der Waals surface area contributed by atoms with Gasteiger partial charge in [-0.25, -0.2) is 0 Å². The Balaban J connectivity index is 1.64. The standard InChI is InChI=1S/C25H21N3O3/c1-25-16(13-26)11-15(23(30)19-5-3-4-6-22(19)29)14-28(25)10-9-18-20-12-17(31-2)7-8-21(20)27-24(18)25/h3-8,11-12,14,27,29H,9-10H2,1-2H3. The van der Waals surface area contributed by atoms with Crippen molar-refractivity contribution in [2.45, 2.75) is 18.9 Å². The number of aromatic amines is 1. The number of phenolic OH excluding ortho intramolecular Hbond substituents is 1. The number of aromatic hydroxyl groups is 1. The average molecular weight is 411 g/mol. The van der Waals surface area contributed by atoms with E-state index in [0.717, 1.165) is 34.3 Å². The van der Waals surface area contributed by atoms with Crippen LogP contribution in [-0.2, 0) is 12.0 Å². The molecule has 2 aliphatic heterocycles. The van der Waals surface area contributed by atoms with Crippen LogP contribution >= 0.6 is 0 Å². The number of carbonyl (C=O) groups is 1. The van der Waals surface area contributed by atoms with Gasteiger partial charge in [-0.2, -0.15) is 5.26 Å². The third-order valence-electron chi connectivity index (χ3n) is 6.43. The van der Waals surface area contributed by atoms with E-state index in [2.05, 4.69) is 11.1 Å². The van der Waals surface area contributed by atoms with Crippen molar-refractivity contribution in [3.8, 4) is 17.6 Å². The number of rotatable bonds is 3. The number of ether oxygens (including phenoxy) is 1. The zero-order valence-corrected chi connectivity index (χ0v) is 17.3. The summed E-state index contributed by atoms with van der Waals surface area (Å²) in [6.45, 7) is 2.66. The Morgan fingerprint density at radius 2 is 2.10 bits per heavy atom.